The summed E-state index contributed by atoms with van der Waals surface area (Å²) in [7, 11) is 0. The van der Waals surface area contributed by atoms with Gasteiger partial charge in [-0.05, 0) is 72.4 Å². The van der Waals surface area contributed by atoms with Gasteiger partial charge in [-0.25, -0.2) is 4.79 Å². The minimum absolute atomic E-state index is 0.00968. The van der Waals surface area contributed by atoms with Crippen LogP contribution >= 0.6 is 11.6 Å². The zero-order chi connectivity index (χ0) is 39.0. The second kappa shape index (κ2) is 17.6. The van der Waals surface area contributed by atoms with E-state index in [-0.39, 0.29) is 43.1 Å². The molecule has 1 aliphatic heterocycles. The molecule has 0 bridgehead atoms. The molecule has 11 nitrogen and oxygen atoms in total. The Morgan fingerprint density at radius 3 is 2.13 bits per heavy atom. The molecular weight excluding hydrogens is 720 g/mol. The highest BCUT2D eigenvalue weighted by atomic mass is 35.5. The molecule has 4 aromatic carbocycles. The van der Waals surface area contributed by atoms with Crippen LogP contribution in [0.1, 0.15) is 61.9 Å². The molecule has 12 heteroatoms. The Labute approximate surface area is 325 Å². The van der Waals surface area contributed by atoms with Crippen LogP contribution in [-0.4, -0.2) is 64.8 Å². The summed E-state index contributed by atoms with van der Waals surface area (Å²) in [6.07, 6.45) is 2.83. The summed E-state index contributed by atoms with van der Waals surface area (Å²) >= 11 is 6.28. The Balaban J connectivity index is 1.27. The number of nitrogens with one attached hydrogen (secondary N) is 2. The molecule has 1 saturated carbocycles. The van der Waals surface area contributed by atoms with Crippen LogP contribution in [-0.2, 0) is 36.8 Å². The van der Waals surface area contributed by atoms with Crippen molar-refractivity contribution >= 4 is 46.9 Å². The predicted octanol–water partition coefficient (Wildman–Crippen LogP) is 6.10. The van der Waals surface area contributed by atoms with Crippen molar-refractivity contribution in [3.05, 3.63) is 131 Å². The summed E-state index contributed by atoms with van der Waals surface area (Å²) < 4.78 is 5.89. The van der Waals surface area contributed by atoms with E-state index in [4.69, 9.17) is 16.3 Å². The number of hydrogen-bond donors (Lipinski definition) is 3. The molecule has 1 heterocycles. The van der Waals surface area contributed by atoms with E-state index >= 15 is 0 Å². The molecule has 2 fully saturated rings. The number of carboxylic acid groups (broad SMARTS) is 1. The molecule has 0 radical (unpaired) electrons. The van der Waals surface area contributed by atoms with Crippen molar-refractivity contribution < 1.29 is 33.8 Å². The SMILES string of the molecule is CC(=O)NCCC1(C(=O)NC(Cc2ccc(N3C(=O)C(Cc4ccccc4)N(C(=O)COc4ccccc4)C3c3ccc(Cl)cc3)cc2)C(=O)O)CCCC1. The number of rotatable bonds is 15. The largest absolute Gasteiger partial charge is 0.484 e. The van der Waals surface area contributed by atoms with E-state index < -0.39 is 29.6 Å². The zero-order valence-corrected chi connectivity index (χ0v) is 31.4. The minimum Gasteiger partial charge on any atom is -0.484 e. The van der Waals surface area contributed by atoms with Crippen molar-refractivity contribution in [3.63, 3.8) is 0 Å². The van der Waals surface area contributed by atoms with E-state index in [1.807, 2.05) is 48.5 Å². The fourth-order valence-electron chi connectivity index (χ4n) is 7.64. The molecule has 3 atom stereocenters. The van der Waals surface area contributed by atoms with Crippen LogP contribution in [0.15, 0.2) is 109 Å². The lowest BCUT2D eigenvalue weighted by molar-refractivity contribution is -0.144. The van der Waals surface area contributed by atoms with Gasteiger partial charge < -0.3 is 25.4 Å². The fraction of sp³-hybridized carbons (Fsp3) is 0.326. The van der Waals surface area contributed by atoms with Crippen LogP contribution in [0.25, 0.3) is 0 Å². The van der Waals surface area contributed by atoms with Gasteiger partial charge in [0.15, 0.2) is 6.61 Å². The smallest absolute Gasteiger partial charge is 0.326 e. The third-order valence-corrected chi connectivity index (χ3v) is 10.7. The summed E-state index contributed by atoms with van der Waals surface area (Å²) in [6, 6.07) is 30.4. The summed E-state index contributed by atoms with van der Waals surface area (Å²) in [5, 5.41) is 16.2. The first kappa shape index (κ1) is 39.0. The van der Waals surface area contributed by atoms with Crippen LogP contribution in [0.5, 0.6) is 5.75 Å². The molecule has 0 aromatic heterocycles. The highest BCUT2D eigenvalue weighted by molar-refractivity contribution is 6.30. The van der Waals surface area contributed by atoms with Crippen molar-refractivity contribution in [2.24, 2.45) is 5.41 Å². The Bertz CT molecular complexity index is 1970. The number of anilines is 1. The van der Waals surface area contributed by atoms with E-state index in [2.05, 4.69) is 10.6 Å². The highest BCUT2D eigenvalue weighted by Gasteiger charge is 2.50. The van der Waals surface area contributed by atoms with E-state index in [0.717, 1.165) is 18.4 Å². The average molecular weight is 765 g/mol. The standard InChI is InChI=1S/C43H45ClN4O7/c1-29(49)45-25-24-43(22-8-9-23-43)42(54)46-36(41(52)53)26-31-14-20-34(21-15-31)47-39(32-16-18-33(44)19-17-32)48(38(50)28-55-35-12-6-3-7-13-35)37(40(47)51)27-30-10-4-2-5-11-30/h2-7,10-21,36-37,39H,8-9,22-28H2,1H3,(H,45,49)(H,46,54)(H,52,53). The quantitative estimate of drug-likeness (QED) is 0.133. The number of carboxylic acids is 1. The van der Waals surface area contributed by atoms with E-state index in [1.54, 1.807) is 70.5 Å². The molecular formula is C43H45ClN4O7. The number of halogens is 1. The third kappa shape index (κ3) is 9.35. The minimum atomic E-state index is -1.19. The molecule has 286 valence electrons. The first-order chi connectivity index (χ1) is 26.5. The van der Waals surface area contributed by atoms with Crippen molar-refractivity contribution in [2.75, 3.05) is 18.1 Å². The molecule has 55 heavy (non-hydrogen) atoms. The first-order valence-corrected chi connectivity index (χ1v) is 18.9. The van der Waals surface area contributed by atoms with Crippen molar-refractivity contribution in [1.82, 2.24) is 15.5 Å². The van der Waals surface area contributed by atoms with Crippen molar-refractivity contribution in [3.8, 4) is 5.75 Å². The summed E-state index contributed by atoms with van der Waals surface area (Å²) in [6.45, 7) is 1.46. The summed E-state index contributed by atoms with van der Waals surface area (Å²) in [5.41, 5.74) is 1.95. The maximum Gasteiger partial charge on any atom is 0.326 e. The van der Waals surface area contributed by atoms with Gasteiger partial charge in [-0.15, -0.1) is 0 Å². The van der Waals surface area contributed by atoms with Gasteiger partial charge in [-0.3, -0.25) is 24.1 Å². The lowest BCUT2D eigenvalue weighted by Gasteiger charge is -2.32. The first-order valence-electron chi connectivity index (χ1n) is 18.5. The number of amides is 4. The van der Waals surface area contributed by atoms with Gasteiger partial charge in [-0.1, -0.05) is 97.2 Å². The van der Waals surface area contributed by atoms with E-state index in [1.165, 1.54) is 6.92 Å². The molecule has 1 aliphatic carbocycles. The molecule has 0 spiro atoms. The van der Waals surface area contributed by atoms with Crippen molar-refractivity contribution in [2.45, 2.75) is 70.1 Å². The topological polar surface area (TPSA) is 145 Å². The number of aliphatic carboxylic acids is 1. The van der Waals surface area contributed by atoms with Gasteiger partial charge >= 0.3 is 5.97 Å². The van der Waals surface area contributed by atoms with Gasteiger partial charge in [-0.2, -0.15) is 0 Å². The van der Waals surface area contributed by atoms with E-state index in [0.29, 0.717) is 53.4 Å². The van der Waals surface area contributed by atoms with Crippen LogP contribution in [0, 0.1) is 5.41 Å². The molecule has 4 aromatic rings. The van der Waals surface area contributed by atoms with Gasteiger partial charge in [0, 0.05) is 37.0 Å². The van der Waals surface area contributed by atoms with Crippen LogP contribution in [0.4, 0.5) is 5.69 Å². The number of benzene rings is 4. The number of nitrogens with zero attached hydrogens (tertiary/aromatic N) is 2. The average Bonchev–Trinajstić information content (AvgIpc) is 3.78. The van der Waals surface area contributed by atoms with Crippen LogP contribution in [0.3, 0.4) is 0 Å². The van der Waals surface area contributed by atoms with Gasteiger partial charge in [0.1, 0.15) is 24.0 Å². The molecule has 1 saturated heterocycles. The molecule has 3 N–H and O–H groups in total. The molecule has 6 rings (SSSR count). The zero-order valence-electron chi connectivity index (χ0n) is 30.7. The fourth-order valence-corrected chi connectivity index (χ4v) is 7.76. The van der Waals surface area contributed by atoms with Crippen molar-refractivity contribution in [1.29, 1.82) is 0 Å². The summed E-state index contributed by atoms with van der Waals surface area (Å²) in [5.74, 6) is -1.82. The Hall–Kier alpha value is -5.68. The lowest BCUT2D eigenvalue weighted by atomic mass is 9.81. The van der Waals surface area contributed by atoms with Gasteiger partial charge in [0.25, 0.3) is 11.8 Å². The molecule has 4 amide bonds. The monoisotopic (exact) mass is 764 g/mol. The predicted molar refractivity (Wildman–Crippen MR) is 208 cm³/mol. The number of carbonyl (C=O) groups is 5. The Morgan fingerprint density at radius 1 is 0.873 bits per heavy atom. The number of carbonyl (C=O) groups excluding carboxylic acids is 4. The molecule has 3 unspecified atom stereocenters. The lowest BCUT2D eigenvalue weighted by Crippen LogP contribution is -2.49. The maximum atomic E-state index is 14.6. The third-order valence-electron chi connectivity index (χ3n) is 10.5. The second-order valence-electron chi connectivity index (χ2n) is 14.2. The highest BCUT2D eigenvalue weighted by Crippen LogP contribution is 2.42. The van der Waals surface area contributed by atoms with Crippen LogP contribution in [0.2, 0.25) is 5.02 Å². The normalized spacial score (nSPS) is 18.1. The second-order valence-corrected chi connectivity index (χ2v) is 14.6. The number of para-hydroxylation sites is 1. The van der Waals surface area contributed by atoms with Gasteiger partial charge in [0.05, 0.1) is 5.41 Å². The molecule has 2 aliphatic rings. The number of ether oxygens (including phenoxy) is 1. The van der Waals surface area contributed by atoms with Gasteiger partial charge in [0.2, 0.25) is 11.8 Å². The Kier molecular flexibility index (Phi) is 12.5. The van der Waals surface area contributed by atoms with Crippen LogP contribution < -0.4 is 20.3 Å². The summed E-state index contributed by atoms with van der Waals surface area (Å²) in [4.78, 5) is 69.5. The van der Waals surface area contributed by atoms with E-state index in [9.17, 15) is 29.1 Å². The maximum absolute atomic E-state index is 14.6. The Morgan fingerprint density at radius 2 is 1.51 bits per heavy atom. The number of hydrogen-bond acceptors (Lipinski definition) is 6.